The number of fused-ring (bicyclic) bond motifs is 1. The van der Waals surface area contributed by atoms with Gasteiger partial charge in [0.2, 0.25) is 5.91 Å². The summed E-state index contributed by atoms with van der Waals surface area (Å²) in [4.78, 5) is 25.7. The van der Waals surface area contributed by atoms with Crippen molar-refractivity contribution in [1.82, 2.24) is 0 Å². The third kappa shape index (κ3) is 3.69. The first-order chi connectivity index (χ1) is 14.0. The summed E-state index contributed by atoms with van der Waals surface area (Å²) in [5.74, 6) is 0.331. The fourth-order valence-electron chi connectivity index (χ4n) is 3.61. The van der Waals surface area contributed by atoms with Crippen LogP contribution in [-0.4, -0.2) is 24.0 Å². The van der Waals surface area contributed by atoms with E-state index in [1.807, 2.05) is 13.0 Å². The van der Waals surface area contributed by atoms with Gasteiger partial charge in [0.1, 0.15) is 11.5 Å². The Morgan fingerprint density at radius 1 is 1.24 bits per heavy atom. The average molecular weight is 408 g/mol. The normalized spacial score (nSPS) is 15.4. The molecule has 0 saturated carbocycles. The van der Waals surface area contributed by atoms with E-state index >= 15 is 0 Å². The number of hydrogen-bond acceptors (Lipinski definition) is 5. The van der Waals surface area contributed by atoms with E-state index in [0.29, 0.717) is 21.3 Å². The van der Waals surface area contributed by atoms with Crippen molar-refractivity contribution < 1.29 is 19.4 Å². The number of amides is 2. The number of benzene rings is 2. The monoisotopic (exact) mass is 408 g/mol. The molecule has 0 aliphatic carbocycles. The molecular formula is C22H20N2O4S. The Labute approximate surface area is 172 Å². The second-order valence-electron chi connectivity index (χ2n) is 6.88. The van der Waals surface area contributed by atoms with Crippen LogP contribution in [0.15, 0.2) is 48.5 Å². The Morgan fingerprint density at radius 2 is 2.00 bits per heavy atom. The number of anilines is 2. The highest BCUT2D eigenvalue weighted by molar-refractivity contribution is 7.18. The Morgan fingerprint density at radius 3 is 2.69 bits per heavy atom. The molecule has 148 valence electrons. The van der Waals surface area contributed by atoms with Gasteiger partial charge in [-0.3, -0.25) is 9.59 Å². The van der Waals surface area contributed by atoms with Crippen molar-refractivity contribution in [3.05, 3.63) is 70.1 Å². The van der Waals surface area contributed by atoms with Gasteiger partial charge in [0.15, 0.2) is 0 Å². The predicted molar refractivity (Wildman–Crippen MR) is 113 cm³/mol. The Balaban J connectivity index is 1.67. The van der Waals surface area contributed by atoms with Crippen LogP contribution >= 0.6 is 11.3 Å². The third-order valence-electron chi connectivity index (χ3n) is 5.01. The van der Waals surface area contributed by atoms with Gasteiger partial charge in [0.05, 0.1) is 17.0 Å². The predicted octanol–water partition coefficient (Wildman–Crippen LogP) is 4.50. The van der Waals surface area contributed by atoms with Crippen LogP contribution < -0.4 is 15.4 Å². The molecule has 0 radical (unpaired) electrons. The van der Waals surface area contributed by atoms with E-state index in [1.54, 1.807) is 49.6 Å². The van der Waals surface area contributed by atoms with Gasteiger partial charge in [-0.05, 0) is 60.0 Å². The first kappa shape index (κ1) is 19.0. The maximum atomic E-state index is 12.9. The van der Waals surface area contributed by atoms with Gasteiger partial charge in [-0.1, -0.05) is 12.1 Å². The smallest absolute Gasteiger partial charge is 0.266 e. The minimum Gasteiger partial charge on any atom is -0.508 e. The van der Waals surface area contributed by atoms with Gasteiger partial charge >= 0.3 is 0 Å². The first-order valence-corrected chi connectivity index (χ1v) is 9.95. The number of phenols is 1. The number of hydrogen-bond donors (Lipinski definition) is 3. The molecule has 1 aromatic heterocycles. The Bertz CT molecular complexity index is 1090. The molecule has 0 saturated heterocycles. The topological polar surface area (TPSA) is 87.7 Å². The fourth-order valence-corrected chi connectivity index (χ4v) is 4.79. The molecule has 0 unspecified atom stereocenters. The van der Waals surface area contributed by atoms with Crippen molar-refractivity contribution in [2.45, 2.75) is 19.3 Å². The highest BCUT2D eigenvalue weighted by Crippen LogP contribution is 2.45. The molecular weight excluding hydrogens is 388 g/mol. The summed E-state index contributed by atoms with van der Waals surface area (Å²) in [6.07, 6.45) is 0.271. The lowest BCUT2D eigenvalue weighted by molar-refractivity contribution is -0.116. The van der Waals surface area contributed by atoms with Crippen LogP contribution in [0, 0.1) is 6.92 Å². The highest BCUT2D eigenvalue weighted by Gasteiger charge is 2.33. The molecule has 3 aromatic rings. The molecule has 2 aromatic carbocycles. The van der Waals surface area contributed by atoms with E-state index in [4.69, 9.17) is 4.74 Å². The Kier molecular flexibility index (Phi) is 4.98. The summed E-state index contributed by atoms with van der Waals surface area (Å²) in [5, 5.41) is 16.3. The molecule has 3 N–H and O–H groups in total. The minimum atomic E-state index is -0.226. The molecule has 1 aliphatic rings. The second kappa shape index (κ2) is 7.60. The molecule has 0 spiro atoms. The molecule has 0 fully saturated rings. The van der Waals surface area contributed by atoms with Gasteiger partial charge in [-0.25, -0.2) is 0 Å². The van der Waals surface area contributed by atoms with Gasteiger partial charge in [-0.2, -0.15) is 0 Å². The number of carbonyl (C=O) groups excluding carboxylic acids is 2. The van der Waals surface area contributed by atoms with Crippen LogP contribution in [0.4, 0.5) is 10.7 Å². The fraction of sp³-hybridized carbons (Fsp3) is 0.182. The highest BCUT2D eigenvalue weighted by atomic mass is 32.1. The number of methoxy groups -OCH3 is 1. The van der Waals surface area contributed by atoms with Gasteiger partial charge in [-0.15, -0.1) is 11.3 Å². The number of phenolic OH excluding ortho intramolecular Hbond substituents is 1. The summed E-state index contributed by atoms with van der Waals surface area (Å²) >= 11 is 1.27. The molecule has 2 amide bonds. The average Bonchev–Trinajstić information content (AvgIpc) is 3.04. The number of carbonyl (C=O) groups is 2. The van der Waals surface area contributed by atoms with Crippen LogP contribution in [0.2, 0.25) is 0 Å². The lowest BCUT2D eigenvalue weighted by Gasteiger charge is -2.24. The maximum absolute atomic E-state index is 12.9. The number of ether oxygens (including phenoxy) is 1. The van der Waals surface area contributed by atoms with Crippen molar-refractivity contribution >= 4 is 33.8 Å². The van der Waals surface area contributed by atoms with E-state index in [0.717, 1.165) is 16.7 Å². The van der Waals surface area contributed by atoms with E-state index in [2.05, 4.69) is 10.6 Å². The molecule has 4 rings (SSSR count). The molecule has 2 heterocycles. The number of nitrogens with one attached hydrogen (secondary N) is 2. The molecule has 29 heavy (non-hydrogen) atoms. The number of rotatable bonds is 4. The van der Waals surface area contributed by atoms with Gasteiger partial charge in [0.25, 0.3) is 5.91 Å². The zero-order chi connectivity index (χ0) is 20.5. The van der Waals surface area contributed by atoms with Gasteiger partial charge in [0, 0.05) is 18.0 Å². The Hall–Kier alpha value is -3.32. The quantitative estimate of drug-likeness (QED) is 0.593. The molecule has 1 aliphatic heterocycles. The van der Waals surface area contributed by atoms with Crippen LogP contribution in [-0.2, 0) is 4.79 Å². The summed E-state index contributed by atoms with van der Waals surface area (Å²) < 4.78 is 5.14. The minimum absolute atomic E-state index is 0.103. The first-order valence-electron chi connectivity index (χ1n) is 9.13. The summed E-state index contributed by atoms with van der Waals surface area (Å²) in [6, 6.07) is 14.0. The molecule has 6 nitrogen and oxygen atoms in total. The lowest BCUT2D eigenvalue weighted by atomic mass is 9.85. The van der Waals surface area contributed by atoms with E-state index in [-0.39, 0.29) is 29.9 Å². The standard InChI is InChI=1S/C22H20N2O4S/c1-12-19-17(13-4-3-5-15(25)10-13)11-18(26)24-22(19)29-20(12)21(27)23-14-6-8-16(28-2)9-7-14/h3-10,17,25H,11H2,1-2H3,(H,23,27)(H,24,26)/t17-/m0/s1. The van der Waals surface area contributed by atoms with E-state index < -0.39 is 0 Å². The summed E-state index contributed by atoms with van der Waals surface area (Å²) in [7, 11) is 1.59. The van der Waals surface area contributed by atoms with Crippen LogP contribution in [0.25, 0.3) is 0 Å². The zero-order valence-corrected chi connectivity index (χ0v) is 16.8. The second-order valence-corrected chi connectivity index (χ2v) is 7.90. The van der Waals surface area contributed by atoms with Crippen molar-refractivity contribution in [2.75, 3.05) is 17.7 Å². The SMILES string of the molecule is COc1ccc(NC(=O)c2sc3c(c2C)[C@H](c2cccc(O)c2)CC(=O)N3)cc1. The van der Waals surface area contributed by atoms with E-state index in [9.17, 15) is 14.7 Å². The number of aromatic hydroxyl groups is 1. The van der Waals surface area contributed by atoms with Crippen LogP contribution in [0.1, 0.15) is 38.7 Å². The molecule has 1 atom stereocenters. The zero-order valence-electron chi connectivity index (χ0n) is 16.0. The van der Waals surface area contributed by atoms with Crippen LogP contribution in [0.3, 0.4) is 0 Å². The van der Waals surface area contributed by atoms with E-state index in [1.165, 1.54) is 11.3 Å². The maximum Gasteiger partial charge on any atom is 0.266 e. The van der Waals surface area contributed by atoms with Crippen LogP contribution in [0.5, 0.6) is 11.5 Å². The third-order valence-corrected chi connectivity index (χ3v) is 6.23. The van der Waals surface area contributed by atoms with Crippen molar-refractivity contribution in [3.8, 4) is 11.5 Å². The van der Waals surface area contributed by atoms with Gasteiger partial charge < -0.3 is 20.5 Å². The lowest BCUT2D eigenvalue weighted by Crippen LogP contribution is -2.22. The van der Waals surface area contributed by atoms with Crippen molar-refractivity contribution in [1.29, 1.82) is 0 Å². The van der Waals surface area contributed by atoms with Crippen molar-refractivity contribution in [2.24, 2.45) is 0 Å². The summed E-state index contributed by atoms with van der Waals surface area (Å²) in [6.45, 7) is 1.89. The largest absolute Gasteiger partial charge is 0.508 e. The van der Waals surface area contributed by atoms with Crippen molar-refractivity contribution in [3.63, 3.8) is 0 Å². The summed E-state index contributed by atoms with van der Waals surface area (Å²) in [5.41, 5.74) is 3.28. The molecule has 0 bridgehead atoms. The number of thiophene rings is 1. The molecule has 7 heteroatoms.